The SMILES string of the molecule is CC12CC(NC(=O)c3ccccc3)(c3ccccc3)C(CNC(=O)c3ccccc3)(C(=Cc3ccccc3)C1=O)C2(C)C. The van der Waals surface area contributed by atoms with Gasteiger partial charge in [-0.25, -0.2) is 0 Å². The minimum atomic E-state index is -1.02. The van der Waals surface area contributed by atoms with Gasteiger partial charge in [-0.1, -0.05) is 118 Å². The molecule has 5 heteroatoms. The zero-order valence-corrected chi connectivity index (χ0v) is 24.8. The molecule has 2 aliphatic carbocycles. The highest BCUT2D eigenvalue weighted by atomic mass is 16.2. The fraction of sp³-hybridized carbons (Fsp3) is 0.237. The number of benzene rings is 4. The Kier molecular flexibility index (Phi) is 6.92. The van der Waals surface area contributed by atoms with Crippen molar-refractivity contribution >= 4 is 23.7 Å². The highest BCUT2D eigenvalue weighted by Crippen LogP contribution is 2.78. The molecule has 0 radical (unpaired) electrons. The fourth-order valence-electron chi connectivity index (χ4n) is 7.75. The lowest BCUT2D eigenvalue weighted by Crippen LogP contribution is -2.63. The Hall–Kier alpha value is -4.77. The van der Waals surface area contributed by atoms with Crippen molar-refractivity contribution in [2.45, 2.75) is 32.7 Å². The van der Waals surface area contributed by atoms with Crippen LogP contribution in [0.2, 0.25) is 0 Å². The van der Waals surface area contributed by atoms with Crippen LogP contribution in [-0.2, 0) is 10.3 Å². The number of ketones is 1. The predicted molar refractivity (Wildman–Crippen MR) is 169 cm³/mol. The fourth-order valence-corrected chi connectivity index (χ4v) is 7.75. The Morgan fingerprint density at radius 3 is 1.74 bits per heavy atom. The van der Waals surface area contributed by atoms with E-state index in [2.05, 4.69) is 24.5 Å². The van der Waals surface area contributed by atoms with E-state index in [4.69, 9.17) is 0 Å². The summed E-state index contributed by atoms with van der Waals surface area (Å²) >= 11 is 0. The van der Waals surface area contributed by atoms with Crippen molar-refractivity contribution < 1.29 is 14.4 Å². The molecule has 2 saturated carbocycles. The normalized spacial score (nSPS) is 26.3. The molecule has 0 saturated heterocycles. The maximum Gasteiger partial charge on any atom is 0.252 e. The van der Waals surface area contributed by atoms with Gasteiger partial charge in [-0.2, -0.15) is 0 Å². The summed E-state index contributed by atoms with van der Waals surface area (Å²) < 4.78 is 0. The maximum absolute atomic E-state index is 14.6. The molecule has 4 aromatic rings. The second-order valence-corrected chi connectivity index (χ2v) is 12.5. The first-order chi connectivity index (χ1) is 20.7. The summed E-state index contributed by atoms with van der Waals surface area (Å²) in [5, 5.41) is 6.72. The van der Waals surface area contributed by atoms with Gasteiger partial charge < -0.3 is 10.6 Å². The highest BCUT2D eigenvalue weighted by Gasteiger charge is 2.82. The molecule has 0 spiro atoms. The Labute approximate surface area is 253 Å². The minimum Gasteiger partial charge on any atom is -0.351 e. The van der Waals surface area contributed by atoms with E-state index >= 15 is 0 Å². The van der Waals surface area contributed by atoms with Crippen LogP contribution in [0.1, 0.15) is 59.0 Å². The summed E-state index contributed by atoms with van der Waals surface area (Å²) in [5.74, 6) is -0.401. The van der Waals surface area contributed by atoms with Gasteiger partial charge in [0.15, 0.2) is 5.78 Å². The van der Waals surface area contributed by atoms with Gasteiger partial charge >= 0.3 is 0 Å². The maximum atomic E-state index is 14.6. The quantitative estimate of drug-likeness (QED) is 0.240. The van der Waals surface area contributed by atoms with Crippen molar-refractivity contribution in [2.75, 3.05) is 6.54 Å². The van der Waals surface area contributed by atoms with Gasteiger partial charge in [0.25, 0.3) is 11.8 Å². The van der Waals surface area contributed by atoms with Gasteiger partial charge in [0.2, 0.25) is 0 Å². The van der Waals surface area contributed by atoms with E-state index in [-0.39, 0.29) is 24.1 Å². The van der Waals surface area contributed by atoms with E-state index in [9.17, 15) is 14.4 Å². The van der Waals surface area contributed by atoms with E-state index in [1.54, 1.807) is 24.3 Å². The van der Waals surface area contributed by atoms with Crippen molar-refractivity contribution in [2.24, 2.45) is 16.2 Å². The minimum absolute atomic E-state index is 0.0517. The molecule has 2 amide bonds. The Bertz CT molecular complexity index is 1700. The number of rotatable bonds is 7. The summed E-state index contributed by atoms with van der Waals surface area (Å²) in [4.78, 5) is 42.3. The van der Waals surface area contributed by atoms with Gasteiger partial charge in [0.05, 0.1) is 5.54 Å². The predicted octanol–water partition coefficient (Wildman–Crippen LogP) is 6.83. The first-order valence-electron chi connectivity index (χ1n) is 14.7. The zero-order valence-electron chi connectivity index (χ0n) is 24.8. The Morgan fingerprint density at radius 2 is 1.19 bits per heavy atom. The molecule has 2 N–H and O–H groups in total. The largest absolute Gasteiger partial charge is 0.351 e. The van der Waals surface area contributed by atoms with Gasteiger partial charge in [0.1, 0.15) is 0 Å². The molecule has 3 unspecified atom stereocenters. The van der Waals surface area contributed by atoms with Crippen molar-refractivity contribution in [3.63, 3.8) is 0 Å². The van der Waals surface area contributed by atoms with Crippen LogP contribution in [0.15, 0.2) is 127 Å². The summed E-state index contributed by atoms with van der Waals surface area (Å²) in [6, 6.07) is 38.0. The second kappa shape index (κ2) is 10.5. The van der Waals surface area contributed by atoms with Crippen LogP contribution in [-0.4, -0.2) is 24.1 Å². The van der Waals surface area contributed by atoms with Crippen LogP contribution in [0.25, 0.3) is 6.08 Å². The average molecular weight is 569 g/mol. The number of fused-ring (bicyclic) bond motifs is 2. The van der Waals surface area contributed by atoms with E-state index in [0.717, 1.165) is 11.1 Å². The third-order valence-electron chi connectivity index (χ3n) is 10.3. The van der Waals surface area contributed by atoms with E-state index in [1.807, 2.05) is 110 Å². The monoisotopic (exact) mass is 568 g/mol. The van der Waals surface area contributed by atoms with Gasteiger partial charge in [-0.15, -0.1) is 0 Å². The third-order valence-corrected chi connectivity index (χ3v) is 10.3. The van der Waals surface area contributed by atoms with Crippen LogP contribution in [0.3, 0.4) is 0 Å². The number of hydrogen-bond donors (Lipinski definition) is 2. The van der Waals surface area contributed by atoms with Crippen LogP contribution in [0.5, 0.6) is 0 Å². The van der Waals surface area contributed by atoms with Gasteiger partial charge in [-0.05, 0) is 53.3 Å². The molecule has 0 aliphatic heterocycles. The molecule has 0 heterocycles. The molecule has 2 fully saturated rings. The number of nitrogens with one attached hydrogen (secondary N) is 2. The van der Waals surface area contributed by atoms with E-state index in [1.165, 1.54) is 0 Å². The van der Waals surface area contributed by atoms with E-state index in [0.29, 0.717) is 23.1 Å². The van der Waals surface area contributed by atoms with Gasteiger partial charge in [0, 0.05) is 34.1 Å². The number of carbonyl (C=O) groups excluding carboxylic acids is 3. The van der Waals surface area contributed by atoms with Crippen LogP contribution in [0.4, 0.5) is 0 Å². The summed E-state index contributed by atoms with van der Waals surface area (Å²) in [6.45, 7) is 6.40. The van der Waals surface area contributed by atoms with Crippen LogP contribution in [0, 0.1) is 16.2 Å². The molecule has 2 bridgehead atoms. The van der Waals surface area contributed by atoms with Crippen molar-refractivity contribution in [1.82, 2.24) is 10.6 Å². The van der Waals surface area contributed by atoms with Gasteiger partial charge in [-0.3, -0.25) is 14.4 Å². The Morgan fingerprint density at radius 1 is 0.698 bits per heavy atom. The molecule has 2 aliphatic rings. The number of carbonyl (C=O) groups is 3. The lowest BCUT2D eigenvalue weighted by Gasteiger charge is -2.52. The Balaban J connectivity index is 1.61. The number of Topliss-reactive ketones (excluding diaryl/α,β-unsaturated/α-hetero) is 1. The molecule has 43 heavy (non-hydrogen) atoms. The first-order valence-corrected chi connectivity index (χ1v) is 14.7. The lowest BCUT2D eigenvalue weighted by atomic mass is 9.56. The smallest absolute Gasteiger partial charge is 0.252 e. The van der Waals surface area contributed by atoms with Crippen molar-refractivity contribution in [1.29, 1.82) is 0 Å². The first kappa shape index (κ1) is 28.4. The lowest BCUT2D eigenvalue weighted by molar-refractivity contribution is -0.126. The molecular formula is C38H36N2O3. The summed E-state index contributed by atoms with van der Waals surface area (Å²) in [7, 11) is 0. The van der Waals surface area contributed by atoms with Crippen LogP contribution >= 0.6 is 0 Å². The topological polar surface area (TPSA) is 75.3 Å². The standard InChI is InChI=1S/C38H36N2O3/c1-35(2)36(3)25-38(30-22-14-7-15-23-30,40-34(43)29-20-12-6-13-21-29)37(35,26-39-33(42)28-18-10-5-11-19-28)31(32(36)41)24-27-16-8-4-9-17-27/h4-24H,25-26H2,1-3H3,(H,39,42)(H,40,43). The van der Waals surface area contributed by atoms with E-state index < -0.39 is 21.8 Å². The molecule has 5 nitrogen and oxygen atoms in total. The molecule has 4 aromatic carbocycles. The third kappa shape index (κ3) is 4.17. The summed E-state index contributed by atoms with van der Waals surface area (Å²) in [6.07, 6.45) is 2.36. The average Bonchev–Trinajstić information content (AvgIpc) is 3.27. The number of amides is 2. The second-order valence-electron chi connectivity index (χ2n) is 12.5. The molecule has 6 rings (SSSR count). The highest BCUT2D eigenvalue weighted by molar-refractivity contribution is 6.11. The zero-order chi connectivity index (χ0) is 30.3. The number of hydrogen-bond acceptors (Lipinski definition) is 3. The van der Waals surface area contributed by atoms with Crippen molar-refractivity contribution in [3.05, 3.63) is 149 Å². The molecular weight excluding hydrogens is 532 g/mol. The van der Waals surface area contributed by atoms with Crippen LogP contribution < -0.4 is 10.6 Å². The molecule has 0 aromatic heterocycles. The molecule has 216 valence electrons. The van der Waals surface area contributed by atoms with Crippen molar-refractivity contribution in [3.8, 4) is 0 Å². The molecule has 3 atom stereocenters. The summed E-state index contributed by atoms with van der Waals surface area (Å²) in [5.41, 5.74) is -0.0364.